The van der Waals surface area contributed by atoms with Crippen LogP contribution in [0.25, 0.3) is 17.4 Å². The van der Waals surface area contributed by atoms with Crippen LogP contribution >= 0.6 is 11.3 Å². The molecular formula is C33H31N3O11S. The van der Waals surface area contributed by atoms with Crippen LogP contribution < -0.4 is 29.1 Å². The van der Waals surface area contributed by atoms with Gasteiger partial charge in [-0.25, -0.2) is 14.6 Å². The molecule has 0 saturated heterocycles. The van der Waals surface area contributed by atoms with Crippen molar-refractivity contribution in [1.82, 2.24) is 4.57 Å². The van der Waals surface area contributed by atoms with E-state index in [2.05, 4.69) is 9.73 Å². The van der Waals surface area contributed by atoms with E-state index in [1.54, 1.807) is 57.2 Å². The van der Waals surface area contributed by atoms with Gasteiger partial charge in [0.25, 0.3) is 11.2 Å². The topological polar surface area (TPSA) is 171 Å². The lowest BCUT2D eigenvalue weighted by Gasteiger charge is -2.25. The lowest BCUT2D eigenvalue weighted by molar-refractivity contribution is -0.384. The Kier molecular flexibility index (Phi) is 10.1. The van der Waals surface area contributed by atoms with Crippen molar-refractivity contribution < 1.29 is 42.6 Å². The highest BCUT2D eigenvalue weighted by atomic mass is 32.1. The predicted octanol–water partition coefficient (Wildman–Crippen LogP) is 3.93. The molecule has 0 saturated carbocycles. The summed E-state index contributed by atoms with van der Waals surface area (Å²) in [5.41, 5.74) is 0.595. The number of carbonyl (C=O) groups excluding carboxylic acids is 2. The van der Waals surface area contributed by atoms with Gasteiger partial charge in [0.05, 0.1) is 65.8 Å². The van der Waals surface area contributed by atoms with E-state index in [1.807, 2.05) is 0 Å². The Morgan fingerprint density at radius 2 is 1.85 bits per heavy atom. The average molecular weight is 678 g/mol. The minimum atomic E-state index is -0.953. The maximum Gasteiger partial charge on any atom is 0.343 e. The van der Waals surface area contributed by atoms with E-state index in [9.17, 15) is 24.5 Å². The van der Waals surface area contributed by atoms with Gasteiger partial charge in [-0.1, -0.05) is 17.4 Å². The largest absolute Gasteiger partial charge is 0.497 e. The number of hydrogen-bond donors (Lipinski definition) is 0. The number of methoxy groups -OCH3 is 2. The molecule has 2 aromatic heterocycles. The van der Waals surface area contributed by atoms with E-state index in [0.717, 1.165) is 11.3 Å². The third kappa shape index (κ3) is 6.71. The third-order valence-electron chi connectivity index (χ3n) is 7.24. The molecule has 0 bridgehead atoms. The molecule has 0 N–H and O–H groups in total. The first-order valence-electron chi connectivity index (χ1n) is 14.7. The zero-order valence-electron chi connectivity index (χ0n) is 26.6. The summed E-state index contributed by atoms with van der Waals surface area (Å²) >= 11 is 1.09. The molecule has 48 heavy (non-hydrogen) atoms. The van der Waals surface area contributed by atoms with Crippen molar-refractivity contribution in [2.24, 2.45) is 4.99 Å². The second kappa shape index (κ2) is 14.4. The standard InChI is InChI=1S/C33H31N3O11S/c1-6-44-26-14-19(8-12-25(26)46-17-28(37)43-5)30-29(32(39)45-7-2)18(3)34-33-35(30)31(38)27(48-33)16-21-10-13-24(47-21)22-11-9-20(42-4)15-23(22)36(40)41/h8-16,30H,6-7,17H2,1-5H3/b27-16+/t30-/m1/s1. The molecule has 14 nitrogen and oxygen atoms in total. The van der Waals surface area contributed by atoms with Crippen molar-refractivity contribution in [2.45, 2.75) is 26.8 Å². The van der Waals surface area contributed by atoms with E-state index < -0.39 is 28.5 Å². The molecular weight excluding hydrogens is 646 g/mol. The number of esters is 2. The minimum absolute atomic E-state index is 0.102. The number of hydrogen-bond acceptors (Lipinski definition) is 13. The summed E-state index contributed by atoms with van der Waals surface area (Å²) in [6.45, 7) is 5.14. The number of fused-ring (bicyclic) bond motifs is 1. The van der Waals surface area contributed by atoms with Gasteiger partial charge in [-0.15, -0.1) is 0 Å². The van der Waals surface area contributed by atoms with Crippen molar-refractivity contribution in [1.29, 1.82) is 0 Å². The number of aromatic nitrogens is 1. The summed E-state index contributed by atoms with van der Waals surface area (Å²) < 4.78 is 34.1. The third-order valence-corrected chi connectivity index (χ3v) is 8.22. The van der Waals surface area contributed by atoms with Crippen molar-refractivity contribution >= 4 is 35.0 Å². The molecule has 4 aromatic rings. The molecule has 0 radical (unpaired) electrons. The van der Waals surface area contributed by atoms with Crippen molar-refractivity contribution in [3.05, 3.63) is 101 Å². The molecule has 3 heterocycles. The maximum absolute atomic E-state index is 14.1. The first kappa shape index (κ1) is 33.7. The Morgan fingerprint density at radius 1 is 1.06 bits per heavy atom. The summed E-state index contributed by atoms with van der Waals surface area (Å²) in [5.74, 6) is 0.143. The fourth-order valence-electron chi connectivity index (χ4n) is 5.09. The molecule has 250 valence electrons. The zero-order chi connectivity index (χ0) is 34.5. The quantitative estimate of drug-likeness (QED) is 0.121. The molecule has 0 aliphatic carbocycles. The Hall–Kier alpha value is -5.70. The Morgan fingerprint density at radius 3 is 2.54 bits per heavy atom. The summed E-state index contributed by atoms with van der Waals surface area (Å²) in [7, 11) is 2.66. The van der Waals surface area contributed by atoms with Crippen LogP contribution in [-0.4, -0.2) is 55.5 Å². The maximum atomic E-state index is 14.1. The first-order chi connectivity index (χ1) is 23.1. The van der Waals surface area contributed by atoms with E-state index in [0.29, 0.717) is 21.8 Å². The van der Waals surface area contributed by atoms with Gasteiger partial charge < -0.3 is 28.1 Å². The molecule has 0 amide bonds. The number of ether oxygens (including phenoxy) is 5. The molecule has 1 atom stereocenters. The zero-order valence-corrected chi connectivity index (χ0v) is 27.5. The van der Waals surface area contributed by atoms with Crippen LogP contribution in [-0.2, 0) is 19.1 Å². The normalized spacial score (nSPS) is 14.2. The van der Waals surface area contributed by atoms with Gasteiger partial charge in [0.2, 0.25) is 0 Å². The van der Waals surface area contributed by atoms with Crippen LogP contribution in [0, 0.1) is 10.1 Å². The number of nitrogens with zero attached hydrogens (tertiary/aromatic N) is 3. The summed E-state index contributed by atoms with van der Waals surface area (Å²) in [6.07, 6.45) is 1.51. The summed E-state index contributed by atoms with van der Waals surface area (Å²) in [6, 6.07) is 11.5. The fraction of sp³-hybridized carbons (Fsp3) is 0.273. The number of furan rings is 1. The minimum Gasteiger partial charge on any atom is -0.497 e. The van der Waals surface area contributed by atoms with Crippen LogP contribution in [0.2, 0.25) is 0 Å². The number of thiazole rings is 1. The Labute approximate surface area is 277 Å². The van der Waals surface area contributed by atoms with Crippen molar-refractivity contribution in [2.75, 3.05) is 34.0 Å². The van der Waals surface area contributed by atoms with Crippen LogP contribution in [0.4, 0.5) is 5.69 Å². The average Bonchev–Trinajstić information content (AvgIpc) is 3.66. The Bertz CT molecular complexity index is 2110. The van der Waals surface area contributed by atoms with Gasteiger partial charge in [-0.3, -0.25) is 19.5 Å². The molecule has 1 aliphatic rings. The highest BCUT2D eigenvalue weighted by Gasteiger charge is 2.34. The van der Waals surface area contributed by atoms with E-state index in [4.69, 9.17) is 23.4 Å². The van der Waals surface area contributed by atoms with Gasteiger partial charge >= 0.3 is 11.9 Å². The lowest BCUT2D eigenvalue weighted by Crippen LogP contribution is -2.40. The summed E-state index contributed by atoms with van der Waals surface area (Å²) in [4.78, 5) is 55.2. The van der Waals surface area contributed by atoms with Gasteiger partial charge in [0, 0.05) is 6.08 Å². The number of nitro benzene ring substituents is 1. The highest BCUT2D eigenvalue weighted by molar-refractivity contribution is 7.07. The number of rotatable bonds is 12. The molecule has 1 aliphatic heterocycles. The Balaban J connectivity index is 1.62. The second-order valence-corrected chi connectivity index (χ2v) is 11.2. The van der Waals surface area contributed by atoms with Crippen LogP contribution in [0.15, 0.2) is 74.0 Å². The molecule has 0 fully saturated rings. The number of nitro groups is 1. The molecule has 15 heteroatoms. The molecule has 0 unspecified atom stereocenters. The predicted molar refractivity (Wildman–Crippen MR) is 173 cm³/mol. The molecule has 2 aromatic carbocycles. The van der Waals surface area contributed by atoms with E-state index in [1.165, 1.54) is 37.0 Å². The fourth-order valence-corrected chi connectivity index (χ4v) is 6.11. The molecule has 5 rings (SSSR count). The molecule has 0 spiro atoms. The SMILES string of the molecule is CCOC(=O)C1=C(C)N=c2s/c(=C/c3ccc(-c4ccc(OC)cc4[N+](=O)[O-])o3)c(=O)n2[C@@H]1c1ccc(OCC(=O)OC)c(OCC)c1. The van der Waals surface area contributed by atoms with E-state index >= 15 is 0 Å². The number of benzene rings is 2. The van der Waals surface area contributed by atoms with E-state index in [-0.39, 0.29) is 64.2 Å². The van der Waals surface area contributed by atoms with Gasteiger partial charge in [-0.05, 0) is 62.7 Å². The van der Waals surface area contributed by atoms with Crippen LogP contribution in [0.5, 0.6) is 17.2 Å². The summed E-state index contributed by atoms with van der Waals surface area (Å²) in [5, 5.41) is 11.7. The monoisotopic (exact) mass is 677 g/mol. The van der Waals surface area contributed by atoms with Crippen LogP contribution in [0.1, 0.15) is 38.1 Å². The second-order valence-electron chi connectivity index (χ2n) is 10.1. The number of carbonyl (C=O) groups is 2. The van der Waals surface area contributed by atoms with Crippen molar-refractivity contribution in [3.63, 3.8) is 0 Å². The van der Waals surface area contributed by atoms with Gasteiger partial charge in [-0.2, -0.15) is 0 Å². The first-order valence-corrected chi connectivity index (χ1v) is 15.5. The van der Waals surface area contributed by atoms with Crippen LogP contribution in [0.3, 0.4) is 0 Å². The van der Waals surface area contributed by atoms with Gasteiger partial charge in [0.1, 0.15) is 17.3 Å². The smallest absolute Gasteiger partial charge is 0.343 e. The number of allylic oxidation sites excluding steroid dienone is 1. The highest BCUT2D eigenvalue weighted by Crippen LogP contribution is 2.37. The van der Waals surface area contributed by atoms with Gasteiger partial charge in [0.15, 0.2) is 22.9 Å². The van der Waals surface area contributed by atoms with Crippen molar-refractivity contribution in [3.8, 4) is 28.6 Å². The lowest BCUT2D eigenvalue weighted by atomic mass is 9.95.